The molecule has 0 fully saturated rings. The van der Waals surface area contributed by atoms with Gasteiger partial charge in [-0.3, -0.25) is 4.79 Å². The van der Waals surface area contributed by atoms with E-state index in [4.69, 9.17) is 4.74 Å². The summed E-state index contributed by atoms with van der Waals surface area (Å²) < 4.78 is 5.79. The maximum Gasteiger partial charge on any atom is 0.178 e. The fourth-order valence-corrected chi connectivity index (χ4v) is 1.82. The molecule has 19 heavy (non-hydrogen) atoms. The Hall–Kier alpha value is -2.11. The molecule has 0 bridgehead atoms. The van der Waals surface area contributed by atoms with Crippen molar-refractivity contribution >= 4 is 5.78 Å². The van der Waals surface area contributed by atoms with E-state index in [0.29, 0.717) is 6.61 Å². The minimum atomic E-state index is -0.487. The van der Waals surface area contributed by atoms with Crippen LogP contribution in [0.25, 0.3) is 0 Å². The van der Waals surface area contributed by atoms with Gasteiger partial charge in [0.1, 0.15) is 12.2 Å². The van der Waals surface area contributed by atoms with Gasteiger partial charge in [0.05, 0.1) is 0 Å². The molecule has 0 amide bonds. The summed E-state index contributed by atoms with van der Waals surface area (Å²) >= 11 is 0. The number of allylic oxidation sites excluding steroid dienone is 2. The normalized spacial score (nSPS) is 15.9. The third-order valence-corrected chi connectivity index (χ3v) is 3.03. The molecule has 2 heteroatoms. The van der Waals surface area contributed by atoms with Crippen molar-refractivity contribution in [1.29, 1.82) is 0 Å². The van der Waals surface area contributed by atoms with Crippen LogP contribution < -0.4 is 0 Å². The molecule has 1 aromatic rings. The quantitative estimate of drug-likeness (QED) is 0.773. The molecule has 0 spiro atoms. The molecule has 1 aromatic carbocycles. The second-order valence-corrected chi connectivity index (χ2v) is 4.33. The van der Waals surface area contributed by atoms with E-state index in [1.54, 1.807) is 24.3 Å². The van der Waals surface area contributed by atoms with Gasteiger partial charge in [-0.1, -0.05) is 37.0 Å². The topological polar surface area (TPSA) is 26.3 Å². The van der Waals surface area contributed by atoms with E-state index in [1.807, 2.05) is 37.3 Å². The molecule has 2 nitrogen and oxygen atoms in total. The van der Waals surface area contributed by atoms with Gasteiger partial charge in [-0.15, -0.1) is 0 Å². The van der Waals surface area contributed by atoms with Gasteiger partial charge in [-0.05, 0) is 42.9 Å². The van der Waals surface area contributed by atoms with E-state index in [2.05, 4.69) is 11.8 Å². The summed E-state index contributed by atoms with van der Waals surface area (Å²) in [6.45, 7) is 2.36. The van der Waals surface area contributed by atoms with Crippen molar-refractivity contribution < 1.29 is 9.53 Å². The summed E-state index contributed by atoms with van der Waals surface area (Å²) in [5.41, 5.74) is 0.487. The first kappa shape index (κ1) is 13.3. The predicted molar refractivity (Wildman–Crippen MR) is 75.6 cm³/mol. The van der Waals surface area contributed by atoms with Crippen LogP contribution in [0, 0.1) is 11.8 Å². The smallest absolute Gasteiger partial charge is 0.178 e. The van der Waals surface area contributed by atoms with Crippen LogP contribution >= 0.6 is 0 Å². The third-order valence-electron chi connectivity index (χ3n) is 3.03. The number of hydrogen-bond acceptors (Lipinski definition) is 2. The van der Waals surface area contributed by atoms with Crippen molar-refractivity contribution in [3.05, 3.63) is 60.2 Å². The van der Waals surface area contributed by atoms with Crippen LogP contribution in [0.1, 0.15) is 18.9 Å². The Bertz CT molecular complexity index is 540. The van der Waals surface area contributed by atoms with Crippen LogP contribution in [0.5, 0.6) is 0 Å². The highest BCUT2D eigenvalue weighted by Crippen LogP contribution is 2.22. The number of rotatable bonds is 3. The Labute approximate surface area is 113 Å². The van der Waals surface area contributed by atoms with Crippen molar-refractivity contribution in [2.45, 2.75) is 18.9 Å². The molecule has 0 radical (unpaired) electrons. The minimum absolute atomic E-state index is 0.00282. The first-order valence-corrected chi connectivity index (χ1v) is 6.34. The zero-order valence-corrected chi connectivity index (χ0v) is 10.9. The molecule has 2 rings (SSSR count). The average Bonchev–Trinajstić information content (AvgIpc) is 2.47. The van der Waals surface area contributed by atoms with Gasteiger partial charge in [0.2, 0.25) is 0 Å². The van der Waals surface area contributed by atoms with E-state index in [9.17, 15) is 4.79 Å². The standard InChI is InChI=1S/C17H16O2/c1-2-17(12-10-16(18)11-13-17)19-14-6-9-15-7-4-3-5-8-15/h3-5,7-8,10-13H,2,14H2,1H3. The first-order valence-electron chi connectivity index (χ1n) is 6.34. The molecule has 1 aliphatic rings. The fraction of sp³-hybridized carbons (Fsp3) is 0.235. The molecule has 0 unspecified atom stereocenters. The van der Waals surface area contributed by atoms with E-state index < -0.39 is 5.60 Å². The van der Waals surface area contributed by atoms with E-state index >= 15 is 0 Å². The maximum atomic E-state index is 11.1. The Kier molecular flexibility index (Phi) is 4.33. The number of carbonyl (C=O) groups is 1. The Balaban J connectivity index is 1.95. The lowest BCUT2D eigenvalue weighted by Gasteiger charge is -2.26. The number of ether oxygens (including phenoxy) is 1. The van der Waals surface area contributed by atoms with Crippen molar-refractivity contribution in [3.8, 4) is 11.8 Å². The molecule has 0 saturated heterocycles. The van der Waals surface area contributed by atoms with Crippen molar-refractivity contribution in [3.63, 3.8) is 0 Å². The largest absolute Gasteiger partial charge is 0.354 e. The molecule has 0 atom stereocenters. The Morgan fingerprint density at radius 1 is 1.16 bits per heavy atom. The monoisotopic (exact) mass is 252 g/mol. The van der Waals surface area contributed by atoms with Crippen LogP contribution in [0.2, 0.25) is 0 Å². The highest BCUT2D eigenvalue weighted by Gasteiger charge is 2.24. The van der Waals surface area contributed by atoms with E-state index in [0.717, 1.165) is 12.0 Å². The van der Waals surface area contributed by atoms with Crippen LogP contribution in [0.4, 0.5) is 0 Å². The van der Waals surface area contributed by atoms with Crippen LogP contribution in [-0.2, 0) is 9.53 Å². The van der Waals surface area contributed by atoms with Crippen molar-refractivity contribution in [2.75, 3.05) is 6.61 Å². The fourth-order valence-electron chi connectivity index (χ4n) is 1.82. The maximum absolute atomic E-state index is 11.1. The summed E-state index contributed by atoms with van der Waals surface area (Å²) in [5, 5.41) is 0. The van der Waals surface area contributed by atoms with Crippen molar-refractivity contribution in [1.82, 2.24) is 0 Å². The number of hydrogen-bond donors (Lipinski definition) is 0. The van der Waals surface area contributed by atoms with Crippen LogP contribution in [0.15, 0.2) is 54.6 Å². The number of carbonyl (C=O) groups excluding carboxylic acids is 1. The number of ketones is 1. The van der Waals surface area contributed by atoms with Gasteiger partial charge in [0.15, 0.2) is 5.78 Å². The molecule has 0 N–H and O–H groups in total. The molecular weight excluding hydrogens is 236 g/mol. The minimum Gasteiger partial charge on any atom is -0.354 e. The average molecular weight is 252 g/mol. The lowest BCUT2D eigenvalue weighted by atomic mass is 9.94. The number of benzene rings is 1. The summed E-state index contributed by atoms with van der Waals surface area (Å²) in [6.07, 6.45) is 7.49. The lowest BCUT2D eigenvalue weighted by Crippen LogP contribution is -2.29. The summed E-state index contributed by atoms with van der Waals surface area (Å²) in [6, 6.07) is 9.79. The predicted octanol–water partition coefficient (Wildman–Crippen LogP) is 2.90. The SMILES string of the molecule is CCC1(OCC#Cc2ccccc2)C=CC(=O)C=C1. The lowest BCUT2D eigenvalue weighted by molar-refractivity contribution is -0.110. The van der Waals surface area contributed by atoms with Gasteiger partial charge >= 0.3 is 0 Å². The van der Waals surface area contributed by atoms with Crippen LogP contribution in [0.3, 0.4) is 0 Å². The van der Waals surface area contributed by atoms with Gasteiger partial charge in [0, 0.05) is 5.56 Å². The van der Waals surface area contributed by atoms with Gasteiger partial charge in [-0.2, -0.15) is 0 Å². The molecule has 0 aliphatic heterocycles. The molecule has 1 aliphatic carbocycles. The second-order valence-electron chi connectivity index (χ2n) is 4.33. The highest BCUT2D eigenvalue weighted by molar-refractivity contribution is 6.00. The van der Waals surface area contributed by atoms with Gasteiger partial charge < -0.3 is 4.74 Å². The Morgan fingerprint density at radius 3 is 2.47 bits per heavy atom. The molecule has 0 heterocycles. The van der Waals surface area contributed by atoms with Gasteiger partial charge in [0.25, 0.3) is 0 Å². The summed E-state index contributed by atoms with van der Waals surface area (Å²) in [7, 11) is 0. The van der Waals surface area contributed by atoms with E-state index in [-0.39, 0.29) is 5.78 Å². The third kappa shape index (κ3) is 3.67. The molecular formula is C17H16O2. The molecule has 96 valence electrons. The Morgan fingerprint density at radius 2 is 1.84 bits per heavy atom. The van der Waals surface area contributed by atoms with Crippen molar-refractivity contribution in [2.24, 2.45) is 0 Å². The summed E-state index contributed by atoms with van der Waals surface area (Å²) in [4.78, 5) is 11.1. The molecule has 0 aromatic heterocycles. The van der Waals surface area contributed by atoms with E-state index in [1.165, 1.54) is 0 Å². The van der Waals surface area contributed by atoms with Crippen LogP contribution in [-0.4, -0.2) is 18.0 Å². The highest BCUT2D eigenvalue weighted by atomic mass is 16.5. The molecule has 0 saturated carbocycles. The first-order chi connectivity index (χ1) is 9.24. The zero-order chi connectivity index (χ0) is 13.6. The van der Waals surface area contributed by atoms with Gasteiger partial charge in [-0.25, -0.2) is 0 Å². The summed E-state index contributed by atoms with van der Waals surface area (Å²) in [5.74, 6) is 6.04. The second kappa shape index (κ2) is 6.17. The zero-order valence-electron chi connectivity index (χ0n) is 10.9.